The van der Waals surface area contributed by atoms with Crippen LogP contribution in [0.15, 0.2) is 34.4 Å². The Balaban J connectivity index is 1.77. The van der Waals surface area contributed by atoms with Crippen LogP contribution in [0.3, 0.4) is 0 Å². The average molecular weight is 259 g/mol. The van der Waals surface area contributed by atoms with Gasteiger partial charge in [0.05, 0.1) is 4.91 Å². The summed E-state index contributed by atoms with van der Waals surface area (Å²) in [6.45, 7) is 2.03. The Hall–Kier alpha value is -1.62. The summed E-state index contributed by atoms with van der Waals surface area (Å²) in [5.74, 6) is -0.134. The third-order valence-corrected chi connectivity index (χ3v) is 4.01. The molecule has 3 rings (SSSR count). The summed E-state index contributed by atoms with van der Waals surface area (Å²) >= 11 is 1.47. The SMILES string of the molecule is O=C1N=C(N2CCCC2)SC1=Cc1cccnc1. The van der Waals surface area contributed by atoms with Crippen molar-refractivity contribution in [3.63, 3.8) is 0 Å². The van der Waals surface area contributed by atoms with E-state index in [9.17, 15) is 4.79 Å². The van der Waals surface area contributed by atoms with Crippen molar-refractivity contribution in [3.05, 3.63) is 35.0 Å². The fourth-order valence-electron chi connectivity index (χ4n) is 2.05. The van der Waals surface area contributed by atoms with E-state index in [4.69, 9.17) is 0 Å². The third kappa shape index (κ3) is 2.31. The van der Waals surface area contributed by atoms with Crippen molar-refractivity contribution in [3.8, 4) is 0 Å². The van der Waals surface area contributed by atoms with Crippen LogP contribution in [-0.2, 0) is 4.79 Å². The number of amides is 1. The number of carbonyl (C=O) groups excluding carboxylic acids is 1. The predicted molar refractivity (Wildman–Crippen MR) is 73.1 cm³/mol. The largest absolute Gasteiger partial charge is 0.351 e. The predicted octanol–water partition coefficient (Wildman–Crippen LogP) is 2.15. The normalized spacial score (nSPS) is 21.8. The Labute approximate surface area is 110 Å². The molecule has 0 bridgehead atoms. The monoisotopic (exact) mass is 259 g/mol. The van der Waals surface area contributed by atoms with Crippen LogP contribution in [0.5, 0.6) is 0 Å². The molecule has 0 N–H and O–H groups in total. The lowest BCUT2D eigenvalue weighted by molar-refractivity contribution is -0.113. The zero-order valence-electron chi connectivity index (χ0n) is 9.87. The summed E-state index contributed by atoms with van der Waals surface area (Å²) in [6, 6.07) is 3.79. The van der Waals surface area contributed by atoms with Crippen LogP contribution in [0, 0.1) is 0 Å². The fraction of sp³-hybridized carbons (Fsp3) is 0.308. The lowest BCUT2D eigenvalue weighted by atomic mass is 10.2. The lowest BCUT2D eigenvalue weighted by Gasteiger charge is -2.14. The quantitative estimate of drug-likeness (QED) is 0.725. The van der Waals surface area contributed by atoms with Crippen molar-refractivity contribution in [2.45, 2.75) is 12.8 Å². The van der Waals surface area contributed by atoms with E-state index >= 15 is 0 Å². The molecule has 0 saturated carbocycles. The van der Waals surface area contributed by atoms with Gasteiger partial charge in [-0.05, 0) is 42.3 Å². The average Bonchev–Trinajstić information content (AvgIpc) is 3.01. The van der Waals surface area contributed by atoms with Gasteiger partial charge in [-0.3, -0.25) is 9.78 Å². The summed E-state index contributed by atoms with van der Waals surface area (Å²) in [6.07, 6.45) is 7.70. The molecule has 1 fully saturated rings. The number of thioether (sulfide) groups is 1. The Morgan fingerprint density at radius 3 is 2.89 bits per heavy atom. The number of amidine groups is 1. The van der Waals surface area contributed by atoms with E-state index < -0.39 is 0 Å². The number of nitrogens with zero attached hydrogens (tertiary/aromatic N) is 3. The lowest BCUT2D eigenvalue weighted by Crippen LogP contribution is -2.23. The van der Waals surface area contributed by atoms with Gasteiger partial charge < -0.3 is 4.90 Å². The number of hydrogen-bond acceptors (Lipinski definition) is 4. The van der Waals surface area contributed by atoms with E-state index in [-0.39, 0.29) is 5.91 Å². The number of aromatic nitrogens is 1. The molecule has 4 nitrogen and oxygen atoms in total. The van der Waals surface area contributed by atoms with E-state index in [0.717, 1.165) is 23.8 Å². The van der Waals surface area contributed by atoms with E-state index in [1.807, 2.05) is 18.2 Å². The Bertz CT molecular complexity index is 518. The van der Waals surface area contributed by atoms with E-state index in [1.54, 1.807) is 12.4 Å². The maximum atomic E-state index is 11.8. The maximum Gasteiger partial charge on any atom is 0.286 e. The molecule has 0 spiro atoms. The molecule has 1 aromatic rings. The van der Waals surface area contributed by atoms with Gasteiger partial charge in [0.25, 0.3) is 5.91 Å². The molecular formula is C13H13N3OS. The summed E-state index contributed by atoms with van der Waals surface area (Å²) in [7, 11) is 0. The van der Waals surface area contributed by atoms with Gasteiger partial charge in [-0.1, -0.05) is 6.07 Å². The molecule has 3 heterocycles. The Morgan fingerprint density at radius 1 is 1.33 bits per heavy atom. The van der Waals surface area contributed by atoms with E-state index in [2.05, 4.69) is 14.9 Å². The van der Waals surface area contributed by atoms with Crippen LogP contribution in [0.1, 0.15) is 18.4 Å². The van der Waals surface area contributed by atoms with Gasteiger partial charge in [-0.2, -0.15) is 4.99 Å². The molecule has 5 heteroatoms. The molecule has 0 unspecified atom stereocenters. The van der Waals surface area contributed by atoms with Crippen LogP contribution in [0.2, 0.25) is 0 Å². The van der Waals surface area contributed by atoms with E-state index in [0.29, 0.717) is 4.91 Å². The molecule has 1 saturated heterocycles. The summed E-state index contributed by atoms with van der Waals surface area (Å²) in [4.78, 5) is 22.9. The van der Waals surface area contributed by atoms with Gasteiger partial charge in [-0.25, -0.2) is 0 Å². The first-order valence-corrected chi connectivity index (χ1v) is 6.82. The van der Waals surface area contributed by atoms with Crippen molar-refractivity contribution >= 4 is 28.9 Å². The molecule has 0 atom stereocenters. The first-order chi connectivity index (χ1) is 8.83. The molecule has 1 aromatic heterocycles. The number of carbonyl (C=O) groups is 1. The second-order valence-corrected chi connectivity index (χ2v) is 5.30. The number of pyridine rings is 1. The molecule has 0 aliphatic carbocycles. The number of hydrogen-bond donors (Lipinski definition) is 0. The number of aliphatic imine (C=N–C) groups is 1. The van der Waals surface area contributed by atoms with E-state index in [1.165, 1.54) is 24.6 Å². The molecule has 2 aliphatic heterocycles. The standard InChI is InChI=1S/C13H13N3OS/c17-12-11(8-10-4-3-5-14-9-10)18-13(15-12)16-6-1-2-7-16/h3-5,8-9H,1-2,6-7H2. The van der Waals surface area contributed by atoms with Gasteiger partial charge in [0.15, 0.2) is 5.17 Å². The zero-order chi connectivity index (χ0) is 12.4. The highest BCUT2D eigenvalue weighted by molar-refractivity contribution is 8.18. The smallest absolute Gasteiger partial charge is 0.286 e. The van der Waals surface area contributed by atoms with Gasteiger partial charge in [0.1, 0.15) is 0 Å². The fourth-order valence-corrected chi connectivity index (χ4v) is 3.02. The highest BCUT2D eigenvalue weighted by Crippen LogP contribution is 2.31. The van der Waals surface area contributed by atoms with Crippen LogP contribution in [0.25, 0.3) is 6.08 Å². The second-order valence-electron chi connectivity index (χ2n) is 4.29. The number of rotatable bonds is 1. The molecule has 0 radical (unpaired) electrons. The van der Waals surface area contributed by atoms with Gasteiger partial charge in [0, 0.05) is 25.5 Å². The minimum Gasteiger partial charge on any atom is -0.351 e. The molecule has 92 valence electrons. The number of likely N-dealkylation sites (tertiary alicyclic amines) is 1. The highest BCUT2D eigenvalue weighted by atomic mass is 32.2. The van der Waals surface area contributed by atoms with Crippen LogP contribution in [-0.4, -0.2) is 34.0 Å². The van der Waals surface area contributed by atoms with Crippen LogP contribution < -0.4 is 0 Å². The van der Waals surface area contributed by atoms with Crippen molar-refractivity contribution < 1.29 is 4.79 Å². The molecule has 1 amide bonds. The van der Waals surface area contributed by atoms with Crippen molar-refractivity contribution in [2.24, 2.45) is 4.99 Å². The minimum atomic E-state index is -0.134. The Kier molecular flexibility index (Phi) is 3.15. The van der Waals surface area contributed by atoms with Crippen LogP contribution >= 0.6 is 11.8 Å². The first kappa shape index (κ1) is 11.5. The van der Waals surface area contributed by atoms with Crippen LogP contribution in [0.4, 0.5) is 0 Å². The molecular weight excluding hydrogens is 246 g/mol. The minimum absolute atomic E-state index is 0.134. The maximum absolute atomic E-state index is 11.8. The Morgan fingerprint density at radius 2 is 2.17 bits per heavy atom. The molecule has 18 heavy (non-hydrogen) atoms. The second kappa shape index (κ2) is 4.94. The first-order valence-electron chi connectivity index (χ1n) is 6.00. The summed E-state index contributed by atoms with van der Waals surface area (Å²) in [5, 5.41) is 0.854. The van der Waals surface area contributed by atoms with Crippen molar-refractivity contribution in [1.29, 1.82) is 0 Å². The third-order valence-electron chi connectivity index (χ3n) is 2.97. The van der Waals surface area contributed by atoms with Gasteiger partial charge >= 0.3 is 0 Å². The van der Waals surface area contributed by atoms with Crippen molar-refractivity contribution in [1.82, 2.24) is 9.88 Å². The topological polar surface area (TPSA) is 45.6 Å². The van der Waals surface area contributed by atoms with Gasteiger partial charge in [0.2, 0.25) is 0 Å². The zero-order valence-corrected chi connectivity index (χ0v) is 10.7. The molecule has 2 aliphatic rings. The summed E-state index contributed by atoms with van der Waals surface area (Å²) < 4.78 is 0. The molecule has 0 aromatic carbocycles. The highest BCUT2D eigenvalue weighted by Gasteiger charge is 2.27. The van der Waals surface area contributed by atoms with Gasteiger partial charge in [-0.15, -0.1) is 0 Å². The summed E-state index contributed by atoms with van der Waals surface area (Å²) in [5.41, 5.74) is 0.936. The van der Waals surface area contributed by atoms with Crippen molar-refractivity contribution in [2.75, 3.05) is 13.1 Å².